The average molecular weight is 1610 g/mol. The molecule has 24 aromatic rings. The molecule has 0 aliphatic carbocycles. The fourth-order valence-electron chi connectivity index (χ4n) is 18.3. The summed E-state index contributed by atoms with van der Waals surface area (Å²) in [5.41, 5.74) is 36.4. The molecule has 4 heterocycles. The van der Waals surface area contributed by atoms with Crippen molar-refractivity contribution >= 4 is 122 Å². The Bertz CT molecular complexity index is 8130. The van der Waals surface area contributed by atoms with E-state index in [4.69, 9.17) is 17.7 Å². The van der Waals surface area contributed by atoms with Crippen molar-refractivity contribution < 1.29 is 17.7 Å². The molecule has 0 N–H and O–H groups in total. The zero-order valence-corrected chi connectivity index (χ0v) is 68.6. The number of hydrogen-bond donors (Lipinski definition) is 0. The van der Waals surface area contributed by atoms with E-state index in [1.807, 2.05) is 48.5 Å². The van der Waals surface area contributed by atoms with Crippen LogP contribution in [0.3, 0.4) is 0 Å². The number of benzene rings is 20. The van der Waals surface area contributed by atoms with E-state index in [1.54, 1.807) is 0 Å². The standard InChI is InChI=1S/2C60H39NO2/c1-3-12-40(13-4-1)42-22-29-49(30-23-42)61(51-33-26-44(27-34-51)52-18-11-19-55-53-16-7-10-21-58(53)63-60(52)55)50-31-24-43(25-32-50)47-36-46(41-14-5-2-6-15-41)37-48(38-47)45-28-35-59-56(39-45)54-17-8-9-20-57(54)62-59;1-3-13-40(14-4-1)42-25-31-48(32-26-42)61(50-35-29-44(30-36-50)51-19-11-21-55-53-17-7-9-23-57(53)62-59(51)55)49-33-27-43(28-34-49)46-37-45(41-15-5-2-6-16-41)38-47(39-46)52-20-12-22-56-54-18-8-10-24-58(54)63-60(52)56/h2*1-39H. The van der Waals surface area contributed by atoms with Crippen molar-refractivity contribution in [1.82, 2.24) is 0 Å². The molecule has 0 bridgehead atoms. The second-order valence-electron chi connectivity index (χ2n) is 32.2. The summed E-state index contributed by atoms with van der Waals surface area (Å²) >= 11 is 0. The van der Waals surface area contributed by atoms with Gasteiger partial charge in [0.05, 0.1) is 0 Å². The number of anilines is 6. The van der Waals surface area contributed by atoms with E-state index in [0.717, 1.165) is 194 Å². The van der Waals surface area contributed by atoms with Crippen LogP contribution in [0.1, 0.15) is 0 Å². The van der Waals surface area contributed by atoms with Crippen molar-refractivity contribution in [3.63, 3.8) is 0 Å². The molecule has 0 aliphatic rings. The summed E-state index contributed by atoms with van der Waals surface area (Å²) < 4.78 is 25.6. The molecular weight excluding hydrogens is 1530 g/mol. The van der Waals surface area contributed by atoms with E-state index < -0.39 is 0 Å². The van der Waals surface area contributed by atoms with E-state index in [2.05, 4.69) is 434 Å². The van der Waals surface area contributed by atoms with Crippen LogP contribution in [0.15, 0.2) is 491 Å². The maximum atomic E-state index is 6.54. The number of rotatable bonds is 16. The molecule has 6 heteroatoms. The van der Waals surface area contributed by atoms with Crippen LogP contribution < -0.4 is 9.80 Å². The third-order valence-electron chi connectivity index (χ3n) is 24.6. The van der Waals surface area contributed by atoms with Gasteiger partial charge in [0.2, 0.25) is 0 Å². The normalized spacial score (nSPS) is 11.5. The second-order valence-corrected chi connectivity index (χ2v) is 32.2. The molecule has 126 heavy (non-hydrogen) atoms. The summed E-state index contributed by atoms with van der Waals surface area (Å²) in [5.74, 6) is 0. The van der Waals surface area contributed by atoms with Crippen LogP contribution in [0.5, 0.6) is 0 Å². The van der Waals surface area contributed by atoms with Gasteiger partial charge in [-0.3, -0.25) is 0 Å². The molecule has 24 rings (SSSR count). The van der Waals surface area contributed by atoms with Gasteiger partial charge in [-0.25, -0.2) is 0 Å². The third-order valence-corrected chi connectivity index (χ3v) is 24.6. The molecule has 0 amide bonds. The molecule has 0 radical (unpaired) electrons. The summed E-state index contributed by atoms with van der Waals surface area (Å²) in [6.45, 7) is 0. The summed E-state index contributed by atoms with van der Waals surface area (Å²) in [7, 11) is 0. The monoisotopic (exact) mass is 1610 g/mol. The largest absolute Gasteiger partial charge is 0.456 e. The van der Waals surface area contributed by atoms with Gasteiger partial charge in [0.15, 0.2) is 0 Å². The van der Waals surface area contributed by atoms with Crippen molar-refractivity contribution in [3.05, 3.63) is 473 Å². The molecule has 0 saturated heterocycles. The number of nitrogens with zero attached hydrogens (tertiary/aromatic N) is 2. The minimum Gasteiger partial charge on any atom is -0.456 e. The molecule has 0 saturated carbocycles. The first-order valence-corrected chi connectivity index (χ1v) is 42.8. The van der Waals surface area contributed by atoms with Crippen LogP contribution in [-0.4, -0.2) is 0 Å². The van der Waals surface area contributed by atoms with Gasteiger partial charge in [-0.2, -0.15) is 0 Å². The minimum absolute atomic E-state index is 0.896. The second kappa shape index (κ2) is 32.0. The summed E-state index contributed by atoms with van der Waals surface area (Å²) in [6.07, 6.45) is 0. The molecule has 0 fully saturated rings. The van der Waals surface area contributed by atoms with Crippen LogP contribution in [0, 0.1) is 0 Å². The molecule has 0 atom stereocenters. The number of furan rings is 4. The van der Waals surface area contributed by atoms with Crippen molar-refractivity contribution in [3.8, 4) is 111 Å². The Kier molecular flexibility index (Phi) is 18.8. The topological polar surface area (TPSA) is 59.0 Å². The zero-order chi connectivity index (χ0) is 83.4. The Hall–Kier alpha value is -16.8. The van der Waals surface area contributed by atoms with Crippen LogP contribution in [-0.2, 0) is 0 Å². The summed E-state index contributed by atoms with van der Waals surface area (Å²) in [5, 5.41) is 9.01. The van der Waals surface area contributed by atoms with E-state index in [0.29, 0.717) is 0 Å². The third kappa shape index (κ3) is 14.0. The number of fused-ring (bicyclic) bond motifs is 12. The first-order valence-electron chi connectivity index (χ1n) is 42.8. The van der Waals surface area contributed by atoms with E-state index in [-0.39, 0.29) is 0 Å². The van der Waals surface area contributed by atoms with Gasteiger partial charge in [0, 0.05) is 93.9 Å². The molecular formula is C120H78N2O4. The molecule has 0 aliphatic heterocycles. The highest BCUT2D eigenvalue weighted by atomic mass is 16.3. The first kappa shape index (κ1) is 74.3. The van der Waals surface area contributed by atoms with Gasteiger partial charge in [-0.05, 0) is 240 Å². The highest BCUT2D eigenvalue weighted by molar-refractivity contribution is 6.13. The SMILES string of the molecule is c1ccc(-c2ccc(N(c3ccc(-c4cc(-c5ccccc5)cc(-c5ccc6oc7ccccc7c6c5)c4)cc3)c3ccc(-c4cccc5c4oc4ccccc45)cc3)cc2)cc1.c1ccc(-c2ccc(N(c3ccc(-c4cc(-c5ccccc5)cc(-c5cccc6c5oc5ccccc56)c4)cc3)c3ccc(-c4cccc5c4oc4ccccc45)cc3)cc2)cc1. The molecule has 20 aromatic carbocycles. The quantitative estimate of drug-likeness (QED) is 0.0961. The highest BCUT2D eigenvalue weighted by Crippen LogP contribution is 2.47. The molecule has 6 nitrogen and oxygen atoms in total. The molecule has 4 aromatic heterocycles. The predicted octanol–water partition coefficient (Wildman–Crippen LogP) is 34.6. The van der Waals surface area contributed by atoms with Crippen LogP contribution in [0.2, 0.25) is 0 Å². The minimum atomic E-state index is 0.896. The summed E-state index contributed by atoms with van der Waals surface area (Å²) in [6, 6.07) is 168. The van der Waals surface area contributed by atoms with Crippen LogP contribution in [0.25, 0.3) is 199 Å². The molecule has 592 valence electrons. The fourth-order valence-corrected chi connectivity index (χ4v) is 18.3. The van der Waals surface area contributed by atoms with Gasteiger partial charge in [-0.15, -0.1) is 0 Å². The maximum Gasteiger partial charge on any atom is 0.143 e. The Morgan fingerprint density at radius 1 is 0.119 bits per heavy atom. The lowest BCUT2D eigenvalue weighted by atomic mass is 9.92. The molecule has 0 spiro atoms. The number of hydrogen-bond acceptors (Lipinski definition) is 6. The van der Waals surface area contributed by atoms with Crippen molar-refractivity contribution in [1.29, 1.82) is 0 Å². The summed E-state index contributed by atoms with van der Waals surface area (Å²) in [4.78, 5) is 4.67. The first-order chi connectivity index (χ1) is 62.4. The predicted molar refractivity (Wildman–Crippen MR) is 526 cm³/mol. The van der Waals surface area contributed by atoms with E-state index in [1.165, 1.54) is 38.9 Å². The van der Waals surface area contributed by atoms with Crippen molar-refractivity contribution in [2.75, 3.05) is 9.80 Å². The fraction of sp³-hybridized carbons (Fsp3) is 0. The lowest BCUT2D eigenvalue weighted by Gasteiger charge is -2.26. The van der Waals surface area contributed by atoms with E-state index >= 15 is 0 Å². The zero-order valence-electron chi connectivity index (χ0n) is 68.6. The van der Waals surface area contributed by atoms with Gasteiger partial charge in [0.1, 0.15) is 44.7 Å². The lowest BCUT2D eigenvalue weighted by molar-refractivity contribution is 0.669. The van der Waals surface area contributed by atoms with Gasteiger partial charge >= 0.3 is 0 Å². The van der Waals surface area contributed by atoms with Crippen molar-refractivity contribution in [2.45, 2.75) is 0 Å². The number of para-hydroxylation sites is 7. The van der Waals surface area contributed by atoms with Gasteiger partial charge < -0.3 is 27.5 Å². The van der Waals surface area contributed by atoms with Gasteiger partial charge in [0.25, 0.3) is 0 Å². The maximum absolute atomic E-state index is 6.54. The Morgan fingerprint density at radius 2 is 0.333 bits per heavy atom. The Balaban J connectivity index is 0.000000145. The molecule has 0 unspecified atom stereocenters. The van der Waals surface area contributed by atoms with Crippen LogP contribution >= 0.6 is 0 Å². The average Bonchev–Trinajstić information content (AvgIpc) is 1.55. The Morgan fingerprint density at radius 3 is 0.659 bits per heavy atom. The Labute approximate surface area is 728 Å². The van der Waals surface area contributed by atoms with Crippen LogP contribution in [0.4, 0.5) is 34.1 Å². The van der Waals surface area contributed by atoms with Crippen molar-refractivity contribution in [2.24, 2.45) is 0 Å². The highest BCUT2D eigenvalue weighted by Gasteiger charge is 2.23. The van der Waals surface area contributed by atoms with E-state index in [9.17, 15) is 0 Å². The smallest absolute Gasteiger partial charge is 0.143 e. The lowest BCUT2D eigenvalue weighted by Crippen LogP contribution is -2.09. The van der Waals surface area contributed by atoms with Gasteiger partial charge in [-0.1, -0.05) is 328 Å².